The maximum absolute atomic E-state index is 15.1. The summed E-state index contributed by atoms with van der Waals surface area (Å²) in [6, 6.07) is 3.89. The lowest BCUT2D eigenvalue weighted by atomic mass is 9.84. The number of pyridine rings is 1. The van der Waals surface area contributed by atoms with Crippen molar-refractivity contribution in [2.24, 2.45) is 16.6 Å². The van der Waals surface area contributed by atoms with E-state index in [9.17, 15) is 22.0 Å². The van der Waals surface area contributed by atoms with Crippen molar-refractivity contribution >= 4 is 28.0 Å². The van der Waals surface area contributed by atoms with E-state index in [-0.39, 0.29) is 29.5 Å². The molecule has 37 heavy (non-hydrogen) atoms. The van der Waals surface area contributed by atoms with Gasteiger partial charge in [0.15, 0.2) is 23.4 Å². The number of rotatable bonds is 7. The van der Waals surface area contributed by atoms with Crippen LogP contribution in [0.2, 0.25) is 0 Å². The number of alkyl halides is 4. The molecule has 2 aromatic heterocycles. The molecule has 0 spiro atoms. The number of hydrogen-bond donors (Lipinski definition) is 1. The quantitative estimate of drug-likeness (QED) is 0.413. The van der Waals surface area contributed by atoms with Gasteiger partial charge in [0.05, 0.1) is 27.7 Å². The van der Waals surface area contributed by atoms with Crippen molar-refractivity contribution in [3.63, 3.8) is 0 Å². The molecule has 3 atom stereocenters. The van der Waals surface area contributed by atoms with Crippen LogP contribution in [-0.4, -0.2) is 43.8 Å². The van der Waals surface area contributed by atoms with E-state index < -0.39 is 46.8 Å². The van der Waals surface area contributed by atoms with Gasteiger partial charge in [0, 0.05) is 31.0 Å². The molecule has 0 saturated heterocycles. The Hall–Kier alpha value is -3.09. The Labute approximate surface area is 211 Å². The van der Waals surface area contributed by atoms with Crippen LogP contribution >= 0.6 is 11.8 Å². The first-order chi connectivity index (χ1) is 17.3. The van der Waals surface area contributed by atoms with Gasteiger partial charge >= 0.3 is 0 Å². The summed E-state index contributed by atoms with van der Waals surface area (Å²) >= 11 is 0.776. The summed E-state index contributed by atoms with van der Waals surface area (Å²) in [4.78, 5) is 16.9. The molecule has 1 aliphatic heterocycles. The molecule has 2 aliphatic rings. The first-order valence-electron chi connectivity index (χ1n) is 11.2. The van der Waals surface area contributed by atoms with Crippen LogP contribution < -0.4 is 10.5 Å². The maximum Gasteiger partial charge on any atom is 0.278 e. The first-order valence-corrected chi connectivity index (χ1v) is 12.1. The molecule has 0 amide bonds. The molecule has 1 aromatic carbocycles. The van der Waals surface area contributed by atoms with Crippen molar-refractivity contribution in [1.29, 1.82) is 0 Å². The fourth-order valence-electron chi connectivity index (χ4n) is 4.80. The number of halogens is 6. The zero-order valence-electron chi connectivity index (χ0n) is 19.6. The number of benzene rings is 1. The average molecular weight is 542 g/mol. The predicted octanol–water partition coefficient (Wildman–Crippen LogP) is 5.23. The Morgan fingerprint density at radius 3 is 2.70 bits per heavy atom. The van der Waals surface area contributed by atoms with E-state index in [1.165, 1.54) is 31.5 Å². The summed E-state index contributed by atoms with van der Waals surface area (Å²) < 4.78 is 87.2. The van der Waals surface area contributed by atoms with E-state index in [1.54, 1.807) is 0 Å². The van der Waals surface area contributed by atoms with Gasteiger partial charge in [-0.15, -0.1) is 0 Å². The minimum Gasteiger partial charge on any atom is -0.470 e. The monoisotopic (exact) mass is 541 g/mol. The minimum absolute atomic E-state index is 0.00185. The highest BCUT2D eigenvalue weighted by atomic mass is 32.2. The van der Waals surface area contributed by atoms with Gasteiger partial charge in [0.25, 0.3) is 12.3 Å². The van der Waals surface area contributed by atoms with Crippen molar-refractivity contribution < 1.29 is 31.1 Å². The number of thioether (sulfide) groups is 1. The van der Waals surface area contributed by atoms with Gasteiger partial charge < -0.3 is 10.5 Å². The standard InChI is InChI=1S/C24H21F6N5OS/c1-22(29,30)10-36-17-9-33-19-14(34-17)3-4-32-15(19)7-11-5-12(18(26)13(25)6-11)23(2)16-8-24(16,20(27)28)37-21(31)35-23/h3-6,9,16,20H,7-8,10H2,1-2H3,(H2,31,35)/t16-,23+,24-/m0/s1. The number of aromatic nitrogens is 3. The van der Waals surface area contributed by atoms with E-state index in [0.717, 1.165) is 17.8 Å². The molecule has 196 valence electrons. The molecule has 13 heteroatoms. The smallest absolute Gasteiger partial charge is 0.278 e. The van der Waals surface area contributed by atoms with Gasteiger partial charge in [-0.3, -0.25) is 9.98 Å². The summed E-state index contributed by atoms with van der Waals surface area (Å²) in [6.07, 6.45) is -0.0562. The zero-order valence-corrected chi connectivity index (χ0v) is 20.4. The van der Waals surface area contributed by atoms with Gasteiger partial charge in [0.1, 0.15) is 5.52 Å². The molecule has 5 rings (SSSR count). The van der Waals surface area contributed by atoms with Crippen molar-refractivity contribution in [2.45, 2.75) is 49.3 Å². The van der Waals surface area contributed by atoms with Crippen LogP contribution in [-0.2, 0) is 12.0 Å². The van der Waals surface area contributed by atoms with E-state index >= 15 is 4.39 Å². The van der Waals surface area contributed by atoms with Gasteiger partial charge in [-0.05, 0) is 37.1 Å². The van der Waals surface area contributed by atoms with Crippen LogP contribution in [0, 0.1) is 17.6 Å². The van der Waals surface area contributed by atoms with Crippen LogP contribution in [0.4, 0.5) is 26.3 Å². The Kier molecular flexibility index (Phi) is 6.04. The van der Waals surface area contributed by atoms with Crippen molar-refractivity contribution in [1.82, 2.24) is 15.0 Å². The summed E-state index contributed by atoms with van der Waals surface area (Å²) in [5.41, 5.74) is 5.47. The van der Waals surface area contributed by atoms with Gasteiger partial charge in [0.2, 0.25) is 5.88 Å². The SMILES string of the molecule is CC(F)(F)COc1cnc2c(Cc3cc(F)c(F)c([C@@]4(C)N=C(N)S[C@@]5(C(F)F)C[C@@H]45)c3)nccc2n1. The maximum atomic E-state index is 15.1. The van der Waals surface area contributed by atoms with Crippen molar-refractivity contribution in [3.05, 3.63) is 59.0 Å². The van der Waals surface area contributed by atoms with E-state index in [4.69, 9.17) is 10.5 Å². The van der Waals surface area contributed by atoms with Gasteiger partial charge in [-0.25, -0.2) is 36.3 Å². The summed E-state index contributed by atoms with van der Waals surface area (Å²) in [5.74, 6) is -6.22. The highest BCUT2D eigenvalue weighted by molar-refractivity contribution is 8.15. The van der Waals surface area contributed by atoms with Crippen molar-refractivity contribution in [3.8, 4) is 5.88 Å². The second-order valence-corrected chi connectivity index (χ2v) is 10.9. The first kappa shape index (κ1) is 25.6. The normalized spacial score (nSPS) is 25.2. The Balaban J connectivity index is 1.49. The molecule has 1 fully saturated rings. The Bertz CT molecular complexity index is 1420. The summed E-state index contributed by atoms with van der Waals surface area (Å²) in [5, 5.41) is -0.105. The molecule has 0 radical (unpaired) electrons. The molecule has 3 aromatic rings. The lowest BCUT2D eigenvalue weighted by Gasteiger charge is -2.34. The fourth-order valence-corrected chi connectivity index (χ4v) is 6.13. The third-order valence-corrected chi connectivity index (χ3v) is 7.94. The minimum atomic E-state index is -3.05. The molecule has 0 unspecified atom stereocenters. The largest absolute Gasteiger partial charge is 0.470 e. The number of hydrogen-bond acceptors (Lipinski definition) is 7. The average Bonchev–Trinajstić information content (AvgIpc) is 3.56. The second kappa shape index (κ2) is 8.74. The second-order valence-electron chi connectivity index (χ2n) is 9.52. The third-order valence-electron chi connectivity index (χ3n) is 6.63. The van der Waals surface area contributed by atoms with Crippen LogP contribution in [0.1, 0.15) is 37.1 Å². The van der Waals surface area contributed by atoms with E-state index in [0.29, 0.717) is 29.2 Å². The molecule has 0 bridgehead atoms. The number of ether oxygens (including phenoxy) is 1. The molecule has 3 heterocycles. The Morgan fingerprint density at radius 2 is 2.00 bits per heavy atom. The van der Waals surface area contributed by atoms with Crippen molar-refractivity contribution in [2.75, 3.05) is 6.61 Å². The number of amidine groups is 1. The highest BCUT2D eigenvalue weighted by Crippen LogP contribution is 2.68. The topological polar surface area (TPSA) is 86.3 Å². The lowest BCUT2D eigenvalue weighted by Crippen LogP contribution is -2.39. The van der Waals surface area contributed by atoms with Crippen LogP contribution in [0.25, 0.3) is 11.0 Å². The predicted molar refractivity (Wildman–Crippen MR) is 126 cm³/mol. The number of nitrogens with zero attached hydrogens (tertiary/aromatic N) is 4. The number of fused-ring (bicyclic) bond motifs is 2. The highest BCUT2D eigenvalue weighted by Gasteiger charge is 2.71. The lowest BCUT2D eigenvalue weighted by molar-refractivity contribution is -0.0242. The molecule has 6 nitrogen and oxygen atoms in total. The molecule has 1 aliphatic carbocycles. The zero-order chi connectivity index (χ0) is 26.8. The third kappa shape index (κ3) is 4.57. The molecular weight excluding hydrogens is 520 g/mol. The fraction of sp³-hybridized carbons (Fsp3) is 0.417. The Morgan fingerprint density at radius 1 is 1.24 bits per heavy atom. The number of nitrogens with two attached hydrogens (primary N) is 1. The van der Waals surface area contributed by atoms with Gasteiger partial charge in [-0.1, -0.05) is 11.8 Å². The molecule has 1 saturated carbocycles. The van der Waals surface area contributed by atoms with E-state index in [2.05, 4.69) is 19.9 Å². The summed E-state index contributed by atoms with van der Waals surface area (Å²) in [7, 11) is 0. The van der Waals surface area contributed by atoms with Gasteiger partial charge in [-0.2, -0.15) is 0 Å². The summed E-state index contributed by atoms with van der Waals surface area (Å²) in [6.45, 7) is 1.32. The van der Waals surface area contributed by atoms with E-state index in [1.807, 2.05) is 0 Å². The molecular formula is C24H21F6N5OS. The van der Waals surface area contributed by atoms with Crippen LogP contribution in [0.5, 0.6) is 5.88 Å². The van der Waals surface area contributed by atoms with Crippen LogP contribution in [0.15, 0.2) is 35.6 Å². The van der Waals surface area contributed by atoms with Crippen LogP contribution in [0.3, 0.4) is 0 Å². The molecule has 2 N–H and O–H groups in total. The number of aliphatic imine (C=N–C) groups is 1.